The Labute approximate surface area is 373 Å². The van der Waals surface area contributed by atoms with Gasteiger partial charge in [0.2, 0.25) is 0 Å². The van der Waals surface area contributed by atoms with Crippen molar-refractivity contribution in [3.8, 4) is 0 Å². The van der Waals surface area contributed by atoms with Crippen LogP contribution >= 0.6 is 0 Å². The molecule has 0 spiro atoms. The van der Waals surface area contributed by atoms with Gasteiger partial charge in [-0.1, -0.05) is 216 Å². The Morgan fingerprint density at radius 1 is 0.459 bits per heavy atom. The molecule has 0 heteroatoms. The van der Waals surface area contributed by atoms with E-state index in [0.29, 0.717) is 11.8 Å². The van der Waals surface area contributed by atoms with Crippen molar-refractivity contribution in [3.05, 3.63) is 190 Å². The van der Waals surface area contributed by atoms with Crippen molar-refractivity contribution in [3.63, 3.8) is 0 Å². The highest BCUT2D eigenvalue weighted by Gasteiger charge is 2.42. The molecule has 5 aromatic carbocycles. The summed E-state index contributed by atoms with van der Waals surface area (Å²) in [7, 11) is 0. The summed E-state index contributed by atoms with van der Waals surface area (Å²) in [5, 5.41) is 0. The summed E-state index contributed by atoms with van der Waals surface area (Å²) in [4.78, 5) is 0. The molecular weight excluding hydrogens is 733 g/mol. The smallest absolute Gasteiger partial charge is 0.0457 e. The third-order valence-corrected chi connectivity index (χ3v) is 13.9. The molecule has 0 N–H and O–H groups in total. The molecule has 1 aliphatic carbocycles. The lowest BCUT2D eigenvalue weighted by atomic mass is 9.69. The van der Waals surface area contributed by atoms with E-state index in [1.807, 2.05) is 12.2 Å². The molecule has 0 aliphatic heterocycles. The Morgan fingerprint density at radius 2 is 0.770 bits per heavy atom. The Hall–Kier alpha value is -4.42. The minimum Gasteiger partial charge on any atom is -0.0985 e. The second-order valence-corrected chi connectivity index (χ2v) is 22.7. The predicted octanol–water partition coefficient (Wildman–Crippen LogP) is 16.8. The zero-order valence-corrected chi connectivity index (χ0v) is 39.8. The molecule has 0 bridgehead atoms. The second kappa shape index (κ2) is 18.9. The van der Waals surface area contributed by atoms with Gasteiger partial charge in [-0.3, -0.25) is 0 Å². The maximum absolute atomic E-state index is 3.92. The highest BCUT2D eigenvalue weighted by molar-refractivity contribution is 5.57. The first kappa shape index (κ1) is 46.1. The molecule has 0 saturated heterocycles. The van der Waals surface area contributed by atoms with Crippen molar-refractivity contribution < 1.29 is 0 Å². The van der Waals surface area contributed by atoms with Crippen LogP contribution in [-0.4, -0.2) is 0 Å². The van der Waals surface area contributed by atoms with Crippen molar-refractivity contribution in [1.29, 1.82) is 0 Å². The summed E-state index contributed by atoms with van der Waals surface area (Å²) in [6.45, 7) is 32.4. The van der Waals surface area contributed by atoms with Crippen molar-refractivity contribution in [2.24, 2.45) is 33.5 Å². The average Bonchev–Trinajstić information content (AvgIpc) is 3.58. The summed E-state index contributed by atoms with van der Waals surface area (Å²) in [5.41, 5.74) is 14.8. The zero-order valence-electron chi connectivity index (χ0n) is 39.8. The molecule has 0 nitrogen and oxygen atoms in total. The first-order valence-electron chi connectivity index (χ1n) is 23.5. The molecule has 61 heavy (non-hydrogen) atoms. The minimum absolute atomic E-state index is 0.128. The van der Waals surface area contributed by atoms with Crippen LogP contribution in [0.5, 0.6) is 0 Å². The normalized spacial score (nSPS) is 16.8. The number of rotatable bonds is 20. The monoisotopic (exact) mass is 811 g/mol. The Kier molecular flexibility index (Phi) is 14.3. The Balaban J connectivity index is 1.11. The Bertz CT molecular complexity index is 2050. The van der Waals surface area contributed by atoms with Gasteiger partial charge in [-0.25, -0.2) is 0 Å². The summed E-state index contributed by atoms with van der Waals surface area (Å²) in [5.74, 6) is 1.30. The van der Waals surface area contributed by atoms with Crippen LogP contribution in [0.1, 0.15) is 157 Å². The van der Waals surface area contributed by atoms with Gasteiger partial charge in [-0.2, -0.15) is 0 Å². The van der Waals surface area contributed by atoms with Crippen LogP contribution in [0, 0.1) is 33.5 Å². The number of benzene rings is 5. The van der Waals surface area contributed by atoms with E-state index in [0.717, 1.165) is 38.5 Å². The van der Waals surface area contributed by atoms with Gasteiger partial charge in [-0.05, 0) is 153 Å². The molecule has 0 fully saturated rings. The quantitative estimate of drug-likeness (QED) is 0.0735. The fraction of sp³-hybridized carbons (Fsp3) is 0.443. The molecule has 6 rings (SSSR count). The standard InChI is InChI=1S/C61H78/c1-13-47-19-23-49(24-20-47)41-57(5,6)37-45(3)39-59(9,10)43-51-27-31-54(32-28-51)61(36-35-53-17-15-16-18-56(53)61)55-33-29-52(30-34-55)44-60(11,12)40-46(4)38-58(7,8)42-50-25-21-48(14-2)22-26-50/h13-34,45-46H,1-2,35-44H2,3-12H3. The lowest BCUT2D eigenvalue weighted by Crippen LogP contribution is -2.27. The molecule has 2 unspecified atom stereocenters. The average molecular weight is 811 g/mol. The van der Waals surface area contributed by atoms with Crippen molar-refractivity contribution in [1.82, 2.24) is 0 Å². The predicted molar refractivity (Wildman–Crippen MR) is 267 cm³/mol. The van der Waals surface area contributed by atoms with Crippen LogP contribution in [0.4, 0.5) is 0 Å². The first-order chi connectivity index (χ1) is 28.8. The molecule has 0 heterocycles. The number of hydrogen-bond donors (Lipinski definition) is 0. The molecule has 2 atom stereocenters. The fourth-order valence-electron chi connectivity index (χ4n) is 12.2. The Morgan fingerprint density at radius 3 is 1.10 bits per heavy atom. The molecule has 0 aromatic heterocycles. The second-order valence-electron chi connectivity index (χ2n) is 22.7. The number of aryl methyl sites for hydroxylation is 1. The molecule has 1 aliphatic rings. The number of hydrogen-bond acceptors (Lipinski definition) is 0. The maximum Gasteiger partial charge on any atom is 0.0457 e. The zero-order chi connectivity index (χ0) is 44.1. The van der Waals surface area contributed by atoms with Gasteiger partial charge >= 0.3 is 0 Å². The van der Waals surface area contributed by atoms with E-state index in [1.165, 1.54) is 81.3 Å². The molecular formula is C61H78. The number of fused-ring (bicyclic) bond motifs is 1. The molecule has 0 saturated carbocycles. The van der Waals surface area contributed by atoms with Gasteiger partial charge in [0.15, 0.2) is 0 Å². The summed E-state index contributed by atoms with van der Waals surface area (Å²) < 4.78 is 0. The van der Waals surface area contributed by atoms with Crippen LogP contribution in [-0.2, 0) is 37.5 Å². The highest BCUT2D eigenvalue weighted by atomic mass is 14.4. The SMILES string of the molecule is C=Cc1ccc(CC(C)(C)CC(C)CC(C)(C)Cc2ccc(C3(c4ccc(CC(C)(C)CC(C)CC(C)(C)Cc5ccc(C=C)cc5)cc4)CCc4ccccc43)cc2)cc1. The van der Waals surface area contributed by atoms with Gasteiger partial charge in [0, 0.05) is 5.41 Å². The van der Waals surface area contributed by atoms with Gasteiger partial charge in [-0.15, -0.1) is 0 Å². The van der Waals surface area contributed by atoms with E-state index in [-0.39, 0.29) is 27.1 Å². The van der Waals surface area contributed by atoms with Gasteiger partial charge in [0.25, 0.3) is 0 Å². The van der Waals surface area contributed by atoms with Crippen molar-refractivity contribution in [2.75, 3.05) is 0 Å². The van der Waals surface area contributed by atoms with Gasteiger partial charge in [0.05, 0.1) is 0 Å². The van der Waals surface area contributed by atoms with Crippen LogP contribution < -0.4 is 0 Å². The van der Waals surface area contributed by atoms with E-state index in [9.17, 15) is 0 Å². The fourth-order valence-corrected chi connectivity index (χ4v) is 12.2. The summed E-state index contributed by atoms with van der Waals surface area (Å²) >= 11 is 0. The summed E-state index contributed by atoms with van der Waals surface area (Å²) in [6, 6.07) is 46.7. The summed E-state index contributed by atoms with van der Waals surface area (Å²) in [6.07, 6.45) is 15.4. The molecule has 0 amide bonds. The lowest BCUT2D eigenvalue weighted by Gasteiger charge is -2.35. The third kappa shape index (κ3) is 12.2. The van der Waals surface area contributed by atoms with Gasteiger partial charge < -0.3 is 0 Å². The molecule has 0 radical (unpaired) electrons. The molecule has 322 valence electrons. The largest absolute Gasteiger partial charge is 0.0985 e. The van der Waals surface area contributed by atoms with Crippen molar-refractivity contribution in [2.45, 2.75) is 139 Å². The van der Waals surface area contributed by atoms with E-state index >= 15 is 0 Å². The van der Waals surface area contributed by atoms with Crippen molar-refractivity contribution >= 4 is 12.2 Å². The third-order valence-electron chi connectivity index (χ3n) is 13.9. The van der Waals surface area contributed by atoms with E-state index in [1.54, 1.807) is 0 Å². The van der Waals surface area contributed by atoms with Gasteiger partial charge in [0.1, 0.15) is 0 Å². The topological polar surface area (TPSA) is 0 Å². The van der Waals surface area contributed by atoms with E-state index in [4.69, 9.17) is 0 Å². The highest BCUT2D eigenvalue weighted by Crippen LogP contribution is 2.49. The van der Waals surface area contributed by atoms with Crippen LogP contribution in [0.25, 0.3) is 12.2 Å². The first-order valence-corrected chi connectivity index (χ1v) is 23.5. The maximum atomic E-state index is 3.92. The van der Waals surface area contributed by atoms with Crippen LogP contribution in [0.15, 0.2) is 134 Å². The van der Waals surface area contributed by atoms with E-state index < -0.39 is 0 Å². The minimum atomic E-state index is -0.128. The lowest BCUT2D eigenvalue weighted by molar-refractivity contribution is 0.204. The van der Waals surface area contributed by atoms with Crippen LogP contribution in [0.2, 0.25) is 0 Å². The van der Waals surface area contributed by atoms with Crippen LogP contribution in [0.3, 0.4) is 0 Å². The molecule has 5 aromatic rings. The van der Waals surface area contributed by atoms with E-state index in [2.05, 4.69) is 204 Å².